The van der Waals surface area contributed by atoms with Crippen molar-refractivity contribution in [1.82, 2.24) is 5.32 Å². The van der Waals surface area contributed by atoms with E-state index in [-0.39, 0.29) is 30.2 Å². The molecular formula is C21H28N2O4. The average molecular weight is 372 g/mol. The van der Waals surface area contributed by atoms with Crippen molar-refractivity contribution in [2.75, 3.05) is 11.9 Å². The third-order valence-electron chi connectivity index (χ3n) is 5.07. The Balaban J connectivity index is 1.58. The third kappa shape index (κ3) is 5.55. The largest absolute Gasteiger partial charge is 0.483 e. The van der Waals surface area contributed by atoms with Crippen LogP contribution in [0.2, 0.25) is 0 Å². The maximum Gasteiger partial charge on any atom is 0.258 e. The van der Waals surface area contributed by atoms with E-state index >= 15 is 0 Å². The fourth-order valence-corrected chi connectivity index (χ4v) is 3.36. The smallest absolute Gasteiger partial charge is 0.258 e. The first kappa shape index (κ1) is 19.4. The van der Waals surface area contributed by atoms with E-state index in [0.29, 0.717) is 35.3 Å². The standard InChI is InChI=1S/C21H28N2O4/c1-3-4-19(25)22-16-9-10-18(17(11-16)13(2)24)27-12-20(26)23-21(14-5-6-14)15-7-8-15/h9-11,14-15,21H,3-8,12H2,1-2H3,(H,22,25)(H,23,26). The van der Waals surface area contributed by atoms with Crippen LogP contribution in [0.15, 0.2) is 18.2 Å². The van der Waals surface area contributed by atoms with Gasteiger partial charge >= 0.3 is 0 Å². The molecule has 0 bridgehead atoms. The van der Waals surface area contributed by atoms with Crippen LogP contribution >= 0.6 is 0 Å². The van der Waals surface area contributed by atoms with Crippen molar-refractivity contribution >= 4 is 23.3 Å². The molecule has 0 atom stereocenters. The normalized spacial score (nSPS) is 16.1. The molecule has 0 radical (unpaired) electrons. The Hall–Kier alpha value is -2.37. The second kappa shape index (κ2) is 8.55. The highest BCUT2D eigenvalue weighted by Gasteiger charge is 2.42. The summed E-state index contributed by atoms with van der Waals surface area (Å²) in [5, 5.41) is 5.87. The van der Waals surface area contributed by atoms with Gasteiger partial charge in [0.1, 0.15) is 5.75 Å². The highest BCUT2D eigenvalue weighted by Crippen LogP contribution is 2.44. The highest BCUT2D eigenvalue weighted by atomic mass is 16.5. The molecule has 3 rings (SSSR count). The molecule has 1 aromatic carbocycles. The van der Waals surface area contributed by atoms with Gasteiger partial charge in [0, 0.05) is 18.2 Å². The molecule has 0 aliphatic heterocycles. The minimum atomic E-state index is -0.175. The van der Waals surface area contributed by atoms with Gasteiger partial charge in [-0.15, -0.1) is 0 Å². The maximum atomic E-state index is 12.3. The van der Waals surface area contributed by atoms with Gasteiger partial charge in [-0.25, -0.2) is 0 Å². The molecule has 0 saturated heterocycles. The van der Waals surface area contributed by atoms with Crippen LogP contribution in [0.1, 0.15) is 62.7 Å². The third-order valence-corrected chi connectivity index (χ3v) is 5.07. The maximum absolute atomic E-state index is 12.3. The van der Waals surface area contributed by atoms with Crippen molar-refractivity contribution in [2.45, 2.75) is 58.4 Å². The number of Topliss-reactive ketones (excluding diaryl/α,β-unsaturated/α-hetero) is 1. The molecule has 2 fully saturated rings. The molecule has 2 N–H and O–H groups in total. The summed E-state index contributed by atoms with van der Waals surface area (Å²) in [6, 6.07) is 5.19. The topological polar surface area (TPSA) is 84.5 Å². The zero-order chi connectivity index (χ0) is 19.4. The zero-order valence-corrected chi connectivity index (χ0v) is 16.0. The van der Waals surface area contributed by atoms with Crippen LogP contribution < -0.4 is 15.4 Å². The van der Waals surface area contributed by atoms with Gasteiger partial charge in [0.25, 0.3) is 5.91 Å². The Morgan fingerprint density at radius 2 is 1.78 bits per heavy atom. The molecule has 2 aliphatic rings. The van der Waals surface area contributed by atoms with Crippen LogP contribution in [0.5, 0.6) is 5.75 Å². The molecule has 0 unspecified atom stereocenters. The summed E-state index contributed by atoms with van der Waals surface area (Å²) in [6.07, 6.45) is 5.97. The summed E-state index contributed by atoms with van der Waals surface area (Å²) in [5.41, 5.74) is 0.913. The van der Waals surface area contributed by atoms with Gasteiger partial charge in [0.2, 0.25) is 5.91 Å². The number of hydrogen-bond acceptors (Lipinski definition) is 4. The Morgan fingerprint density at radius 1 is 1.11 bits per heavy atom. The minimum Gasteiger partial charge on any atom is -0.483 e. The number of ketones is 1. The van der Waals surface area contributed by atoms with Crippen molar-refractivity contribution in [1.29, 1.82) is 0 Å². The Morgan fingerprint density at radius 3 is 2.33 bits per heavy atom. The number of benzene rings is 1. The molecular weight excluding hydrogens is 344 g/mol. The lowest BCUT2D eigenvalue weighted by Crippen LogP contribution is -2.40. The van der Waals surface area contributed by atoms with Gasteiger partial charge in [-0.1, -0.05) is 6.92 Å². The molecule has 2 aliphatic carbocycles. The van der Waals surface area contributed by atoms with E-state index < -0.39 is 0 Å². The van der Waals surface area contributed by atoms with Gasteiger partial charge in [-0.3, -0.25) is 14.4 Å². The fourth-order valence-electron chi connectivity index (χ4n) is 3.36. The van der Waals surface area contributed by atoms with Gasteiger partial charge in [-0.2, -0.15) is 0 Å². The summed E-state index contributed by atoms with van der Waals surface area (Å²) in [4.78, 5) is 36.0. The number of ether oxygens (including phenoxy) is 1. The van der Waals surface area contributed by atoms with Crippen molar-refractivity contribution in [3.05, 3.63) is 23.8 Å². The Kier molecular flexibility index (Phi) is 6.14. The van der Waals surface area contributed by atoms with Crippen molar-refractivity contribution in [2.24, 2.45) is 11.8 Å². The lowest BCUT2D eigenvalue weighted by Gasteiger charge is -2.18. The van der Waals surface area contributed by atoms with Gasteiger partial charge in [-0.05, 0) is 69.1 Å². The van der Waals surface area contributed by atoms with Crippen LogP contribution in [0.3, 0.4) is 0 Å². The van der Waals surface area contributed by atoms with E-state index in [0.717, 1.165) is 6.42 Å². The van der Waals surface area contributed by atoms with Crippen LogP contribution in [0.25, 0.3) is 0 Å². The van der Waals surface area contributed by atoms with Crippen LogP contribution in [-0.4, -0.2) is 30.2 Å². The molecule has 27 heavy (non-hydrogen) atoms. The zero-order valence-electron chi connectivity index (χ0n) is 16.0. The van der Waals surface area contributed by atoms with Crippen molar-refractivity contribution in [3.8, 4) is 5.75 Å². The number of hydrogen-bond donors (Lipinski definition) is 2. The van der Waals surface area contributed by atoms with Crippen LogP contribution in [0, 0.1) is 11.8 Å². The molecule has 146 valence electrons. The summed E-state index contributed by atoms with van der Waals surface area (Å²) >= 11 is 0. The first-order valence-electron chi connectivity index (χ1n) is 9.85. The fraction of sp³-hybridized carbons (Fsp3) is 0.571. The summed E-state index contributed by atoms with van der Waals surface area (Å²) in [6.45, 7) is 3.26. The number of nitrogens with one attached hydrogen (secondary N) is 2. The second-order valence-electron chi connectivity index (χ2n) is 7.62. The molecule has 0 aromatic heterocycles. The predicted octanol–water partition coefficient (Wildman–Crippen LogP) is 3.31. The SMILES string of the molecule is CCCC(=O)Nc1ccc(OCC(=O)NC(C2CC2)C2CC2)c(C(C)=O)c1. The molecule has 0 spiro atoms. The molecule has 6 heteroatoms. The number of carbonyl (C=O) groups is 3. The van der Waals surface area contributed by atoms with E-state index in [1.807, 2.05) is 6.92 Å². The minimum absolute atomic E-state index is 0.0914. The van der Waals surface area contributed by atoms with E-state index in [9.17, 15) is 14.4 Å². The lowest BCUT2D eigenvalue weighted by atomic mass is 10.1. The number of amides is 2. The van der Waals surface area contributed by atoms with Crippen molar-refractivity contribution in [3.63, 3.8) is 0 Å². The second-order valence-corrected chi connectivity index (χ2v) is 7.62. The molecule has 2 saturated carbocycles. The Bertz CT molecular complexity index is 711. The quantitative estimate of drug-likeness (QED) is 0.617. The number of carbonyl (C=O) groups excluding carboxylic acids is 3. The van der Waals surface area contributed by atoms with E-state index in [1.54, 1.807) is 18.2 Å². The van der Waals surface area contributed by atoms with E-state index in [1.165, 1.54) is 32.6 Å². The molecule has 6 nitrogen and oxygen atoms in total. The number of rotatable bonds is 10. The van der Waals surface area contributed by atoms with E-state index in [2.05, 4.69) is 10.6 Å². The van der Waals surface area contributed by atoms with Crippen LogP contribution in [-0.2, 0) is 9.59 Å². The van der Waals surface area contributed by atoms with Crippen molar-refractivity contribution < 1.29 is 19.1 Å². The first-order chi connectivity index (χ1) is 13.0. The van der Waals surface area contributed by atoms with Crippen LogP contribution in [0.4, 0.5) is 5.69 Å². The Labute approximate surface area is 160 Å². The summed E-state index contributed by atoms with van der Waals surface area (Å²) in [5.74, 6) is 1.20. The van der Waals surface area contributed by atoms with Gasteiger partial charge in [0.05, 0.1) is 5.56 Å². The van der Waals surface area contributed by atoms with Gasteiger partial charge < -0.3 is 15.4 Å². The highest BCUT2D eigenvalue weighted by molar-refractivity contribution is 5.99. The predicted molar refractivity (Wildman–Crippen MR) is 103 cm³/mol. The van der Waals surface area contributed by atoms with E-state index in [4.69, 9.17) is 4.74 Å². The number of anilines is 1. The molecule has 2 amide bonds. The molecule has 1 aromatic rings. The lowest BCUT2D eigenvalue weighted by molar-refractivity contribution is -0.124. The average Bonchev–Trinajstić information content (AvgIpc) is 3.52. The summed E-state index contributed by atoms with van der Waals surface area (Å²) < 4.78 is 5.62. The summed E-state index contributed by atoms with van der Waals surface area (Å²) in [7, 11) is 0. The molecule has 0 heterocycles. The monoisotopic (exact) mass is 372 g/mol. The van der Waals surface area contributed by atoms with Gasteiger partial charge in [0.15, 0.2) is 12.4 Å². The first-order valence-corrected chi connectivity index (χ1v) is 9.85.